The van der Waals surface area contributed by atoms with Crippen molar-refractivity contribution >= 4 is 21.7 Å². The highest BCUT2D eigenvalue weighted by molar-refractivity contribution is 7.90. The van der Waals surface area contributed by atoms with Gasteiger partial charge in [0.2, 0.25) is 0 Å². The van der Waals surface area contributed by atoms with Gasteiger partial charge in [0.25, 0.3) is 5.91 Å². The molecule has 0 saturated heterocycles. The first-order valence-electron chi connectivity index (χ1n) is 5.38. The van der Waals surface area contributed by atoms with E-state index in [1.807, 2.05) is 0 Å². The summed E-state index contributed by atoms with van der Waals surface area (Å²) in [5.41, 5.74) is -0.316. The van der Waals surface area contributed by atoms with E-state index in [-0.39, 0.29) is 17.1 Å². The van der Waals surface area contributed by atoms with E-state index >= 15 is 0 Å². The maximum absolute atomic E-state index is 11.8. The van der Waals surface area contributed by atoms with Crippen LogP contribution in [0.2, 0.25) is 0 Å². The molecule has 1 amide bonds. The van der Waals surface area contributed by atoms with Gasteiger partial charge in [-0.25, -0.2) is 18.2 Å². The Bertz CT molecular complexity index is 597. The Morgan fingerprint density at radius 2 is 1.95 bits per heavy atom. The molecule has 2 N–H and O–H groups in total. The number of nitrogens with one attached hydrogen (secondary N) is 1. The van der Waals surface area contributed by atoms with Gasteiger partial charge >= 0.3 is 5.97 Å². The Morgan fingerprint density at radius 3 is 2.47 bits per heavy atom. The summed E-state index contributed by atoms with van der Waals surface area (Å²) in [6, 6.07) is 3.43. The summed E-state index contributed by atoms with van der Waals surface area (Å²) >= 11 is 0. The zero-order valence-corrected chi connectivity index (χ0v) is 11.3. The Hall–Kier alpha value is -1.96. The topological polar surface area (TPSA) is 113 Å². The van der Waals surface area contributed by atoms with Crippen LogP contribution in [0.1, 0.15) is 27.9 Å². The number of sulfone groups is 1. The molecule has 1 rings (SSSR count). The average molecular weight is 286 g/mol. The van der Waals surface area contributed by atoms with Gasteiger partial charge in [-0.15, -0.1) is 0 Å². The van der Waals surface area contributed by atoms with Crippen LogP contribution in [0.3, 0.4) is 0 Å². The van der Waals surface area contributed by atoms with Gasteiger partial charge in [-0.05, 0) is 19.1 Å². The predicted molar refractivity (Wildman–Crippen MR) is 67.8 cm³/mol. The van der Waals surface area contributed by atoms with E-state index in [2.05, 4.69) is 10.3 Å². The van der Waals surface area contributed by atoms with Crippen molar-refractivity contribution in [1.29, 1.82) is 0 Å². The number of aromatic nitrogens is 1. The Morgan fingerprint density at radius 1 is 1.37 bits per heavy atom. The van der Waals surface area contributed by atoms with Crippen LogP contribution in [0.5, 0.6) is 0 Å². The maximum Gasteiger partial charge on any atom is 0.354 e. The molecule has 7 nitrogen and oxygen atoms in total. The molecule has 1 aromatic heterocycles. The maximum atomic E-state index is 11.8. The molecular formula is C11H14N2O5S. The molecule has 0 spiro atoms. The zero-order valence-electron chi connectivity index (χ0n) is 10.5. The smallest absolute Gasteiger partial charge is 0.354 e. The highest BCUT2D eigenvalue weighted by Gasteiger charge is 2.16. The molecule has 0 aliphatic heterocycles. The lowest BCUT2D eigenvalue weighted by atomic mass is 10.2. The molecule has 19 heavy (non-hydrogen) atoms. The number of carboxylic acids is 1. The number of hydrogen-bond acceptors (Lipinski definition) is 5. The van der Waals surface area contributed by atoms with Gasteiger partial charge in [-0.2, -0.15) is 0 Å². The van der Waals surface area contributed by atoms with Crippen molar-refractivity contribution in [3.05, 3.63) is 29.6 Å². The van der Waals surface area contributed by atoms with E-state index in [1.165, 1.54) is 18.2 Å². The number of carbonyl (C=O) groups is 2. The third-order valence-electron chi connectivity index (χ3n) is 2.13. The van der Waals surface area contributed by atoms with Crippen LogP contribution in [0.25, 0.3) is 0 Å². The monoisotopic (exact) mass is 286 g/mol. The number of rotatable bonds is 5. The van der Waals surface area contributed by atoms with E-state index in [9.17, 15) is 18.0 Å². The Kier molecular flexibility index (Phi) is 4.60. The van der Waals surface area contributed by atoms with E-state index in [1.54, 1.807) is 6.92 Å². The van der Waals surface area contributed by atoms with Crippen molar-refractivity contribution in [1.82, 2.24) is 10.3 Å². The second-order valence-corrected chi connectivity index (χ2v) is 6.36. The second kappa shape index (κ2) is 5.79. The van der Waals surface area contributed by atoms with Crippen molar-refractivity contribution in [2.24, 2.45) is 0 Å². The predicted octanol–water partition coefficient (Wildman–Crippen LogP) is -0.0573. The second-order valence-electron chi connectivity index (χ2n) is 4.18. The van der Waals surface area contributed by atoms with Gasteiger partial charge < -0.3 is 10.4 Å². The number of aromatic carboxylic acids is 1. The number of carbonyl (C=O) groups excluding carboxylic acids is 1. The van der Waals surface area contributed by atoms with Crippen LogP contribution >= 0.6 is 0 Å². The van der Waals surface area contributed by atoms with Crippen LogP contribution < -0.4 is 5.32 Å². The lowest BCUT2D eigenvalue weighted by Crippen LogP contribution is -2.37. The standard InChI is InChI=1S/C11H14N2O5S/c1-7(6-19(2,17)18)12-10(14)8-4-3-5-9(13-8)11(15)16/h3-5,7H,6H2,1-2H3,(H,12,14)(H,15,16). The minimum atomic E-state index is -3.20. The Balaban J connectivity index is 2.78. The summed E-state index contributed by atoms with van der Waals surface area (Å²) < 4.78 is 22.1. The zero-order chi connectivity index (χ0) is 14.6. The molecule has 1 aromatic rings. The molecule has 0 aromatic carbocycles. The summed E-state index contributed by atoms with van der Waals surface area (Å²) in [5, 5.41) is 11.2. The molecular weight excluding hydrogens is 272 g/mol. The molecule has 0 bridgehead atoms. The number of carboxylic acid groups (broad SMARTS) is 1. The van der Waals surface area contributed by atoms with Gasteiger partial charge in [0.05, 0.1) is 5.75 Å². The molecule has 0 fully saturated rings. The molecule has 1 atom stereocenters. The molecule has 0 saturated carbocycles. The summed E-state index contributed by atoms with van der Waals surface area (Å²) in [7, 11) is -3.20. The van der Waals surface area contributed by atoms with Gasteiger partial charge in [0.15, 0.2) is 0 Å². The largest absolute Gasteiger partial charge is 0.477 e. The Labute approximate surface area is 110 Å². The van der Waals surface area contributed by atoms with E-state index in [0.29, 0.717) is 0 Å². The third kappa shape index (κ3) is 5.04. The van der Waals surface area contributed by atoms with Crippen molar-refractivity contribution < 1.29 is 23.1 Å². The lowest BCUT2D eigenvalue weighted by Gasteiger charge is -2.12. The fourth-order valence-corrected chi connectivity index (χ4v) is 2.47. The van der Waals surface area contributed by atoms with Crippen LogP contribution in [0.15, 0.2) is 18.2 Å². The first-order valence-corrected chi connectivity index (χ1v) is 7.44. The molecule has 0 aliphatic carbocycles. The normalized spacial score (nSPS) is 12.7. The average Bonchev–Trinajstić information content (AvgIpc) is 2.26. The first kappa shape index (κ1) is 15.1. The molecule has 0 radical (unpaired) electrons. The molecule has 8 heteroatoms. The van der Waals surface area contributed by atoms with Crippen molar-refractivity contribution in [3.63, 3.8) is 0 Å². The molecule has 104 valence electrons. The molecule has 1 unspecified atom stereocenters. The highest BCUT2D eigenvalue weighted by atomic mass is 32.2. The number of pyridine rings is 1. The number of amides is 1. The molecule has 0 aliphatic rings. The van der Waals surface area contributed by atoms with Gasteiger partial charge in [0.1, 0.15) is 21.2 Å². The SMILES string of the molecule is CC(CS(C)(=O)=O)NC(=O)c1cccc(C(=O)O)n1. The fraction of sp³-hybridized carbons (Fsp3) is 0.364. The quantitative estimate of drug-likeness (QED) is 0.784. The highest BCUT2D eigenvalue weighted by Crippen LogP contribution is 2.01. The van der Waals surface area contributed by atoms with Crippen molar-refractivity contribution in [2.45, 2.75) is 13.0 Å². The summed E-state index contributed by atoms with van der Waals surface area (Å²) in [6.07, 6.45) is 1.07. The minimum Gasteiger partial charge on any atom is -0.477 e. The summed E-state index contributed by atoms with van der Waals surface area (Å²) in [4.78, 5) is 26.1. The van der Waals surface area contributed by atoms with Crippen molar-refractivity contribution in [2.75, 3.05) is 12.0 Å². The van der Waals surface area contributed by atoms with E-state index in [0.717, 1.165) is 6.26 Å². The summed E-state index contributed by atoms with van der Waals surface area (Å²) in [6.45, 7) is 1.54. The van der Waals surface area contributed by atoms with Gasteiger partial charge in [0, 0.05) is 12.3 Å². The van der Waals surface area contributed by atoms with Gasteiger partial charge in [-0.1, -0.05) is 6.07 Å². The van der Waals surface area contributed by atoms with Crippen LogP contribution in [0, 0.1) is 0 Å². The van der Waals surface area contributed by atoms with Crippen molar-refractivity contribution in [3.8, 4) is 0 Å². The van der Waals surface area contributed by atoms with E-state index in [4.69, 9.17) is 5.11 Å². The van der Waals surface area contributed by atoms with Crippen LogP contribution in [-0.2, 0) is 9.84 Å². The van der Waals surface area contributed by atoms with Crippen LogP contribution in [0.4, 0.5) is 0 Å². The van der Waals surface area contributed by atoms with Gasteiger partial charge in [-0.3, -0.25) is 4.79 Å². The van der Waals surface area contributed by atoms with E-state index < -0.39 is 27.8 Å². The first-order chi connectivity index (χ1) is 8.69. The molecule has 1 heterocycles. The number of hydrogen-bond donors (Lipinski definition) is 2. The fourth-order valence-electron chi connectivity index (χ4n) is 1.47. The third-order valence-corrected chi connectivity index (χ3v) is 3.24. The number of nitrogens with zero attached hydrogens (tertiary/aromatic N) is 1. The summed E-state index contributed by atoms with van der Waals surface area (Å²) in [5.74, 6) is -2.05. The lowest BCUT2D eigenvalue weighted by molar-refractivity contribution is 0.0690. The minimum absolute atomic E-state index is 0.0692. The van der Waals surface area contributed by atoms with Crippen LogP contribution in [-0.4, -0.2) is 48.4 Å².